The van der Waals surface area contributed by atoms with Gasteiger partial charge in [0, 0.05) is 36.0 Å². The number of hydrogen-bond acceptors (Lipinski definition) is 5. The molecule has 0 aliphatic heterocycles. The zero-order valence-corrected chi connectivity index (χ0v) is 15.1. The fourth-order valence-electron chi connectivity index (χ4n) is 2.76. The van der Waals surface area contributed by atoms with E-state index >= 15 is 0 Å². The molecular weight excluding hydrogens is 338 g/mol. The van der Waals surface area contributed by atoms with Crippen LogP contribution in [0.2, 0.25) is 0 Å². The SMILES string of the molecule is CC(=O)Nc1cccc(Nc2cc(NC3CC3)nc(-c3ccccc3)n2)c1. The van der Waals surface area contributed by atoms with Crippen LogP contribution in [0.4, 0.5) is 23.0 Å². The van der Waals surface area contributed by atoms with Crippen molar-refractivity contribution in [1.29, 1.82) is 0 Å². The van der Waals surface area contributed by atoms with Gasteiger partial charge in [0.05, 0.1) is 0 Å². The molecule has 0 radical (unpaired) electrons. The molecule has 1 aliphatic rings. The molecule has 6 nitrogen and oxygen atoms in total. The van der Waals surface area contributed by atoms with Crippen molar-refractivity contribution in [3.63, 3.8) is 0 Å². The van der Waals surface area contributed by atoms with E-state index in [0.29, 0.717) is 17.7 Å². The fourth-order valence-corrected chi connectivity index (χ4v) is 2.76. The monoisotopic (exact) mass is 359 g/mol. The number of anilines is 4. The van der Waals surface area contributed by atoms with Crippen molar-refractivity contribution in [3.8, 4) is 11.4 Å². The average molecular weight is 359 g/mol. The maximum Gasteiger partial charge on any atom is 0.221 e. The average Bonchev–Trinajstić information content (AvgIpc) is 3.46. The summed E-state index contributed by atoms with van der Waals surface area (Å²) in [5.74, 6) is 2.08. The van der Waals surface area contributed by atoms with Crippen LogP contribution in [0.1, 0.15) is 19.8 Å². The van der Waals surface area contributed by atoms with Crippen molar-refractivity contribution in [3.05, 3.63) is 60.7 Å². The number of rotatable bonds is 6. The number of benzene rings is 2. The first kappa shape index (κ1) is 17.0. The Morgan fingerprint density at radius 2 is 1.67 bits per heavy atom. The van der Waals surface area contributed by atoms with E-state index in [2.05, 4.69) is 25.9 Å². The summed E-state index contributed by atoms with van der Waals surface area (Å²) in [5, 5.41) is 9.55. The molecule has 0 bridgehead atoms. The molecule has 1 aromatic heterocycles. The first-order valence-corrected chi connectivity index (χ1v) is 9.01. The van der Waals surface area contributed by atoms with E-state index in [9.17, 15) is 4.79 Å². The minimum atomic E-state index is -0.100. The summed E-state index contributed by atoms with van der Waals surface area (Å²) in [6.45, 7) is 1.49. The number of aromatic nitrogens is 2. The number of nitrogens with zero attached hydrogens (tertiary/aromatic N) is 2. The van der Waals surface area contributed by atoms with Crippen LogP contribution in [-0.2, 0) is 4.79 Å². The lowest BCUT2D eigenvalue weighted by Crippen LogP contribution is -2.07. The highest BCUT2D eigenvalue weighted by Gasteiger charge is 2.22. The summed E-state index contributed by atoms with van der Waals surface area (Å²) in [6, 6.07) is 19.9. The van der Waals surface area contributed by atoms with Crippen LogP contribution < -0.4 is 16.0 Å². The molecule has 3 N–H and O–H groups in total. The molecule has 2 aromatic carbocycles. The van der Waals surface area contributed by atoms with Gasteiger partial charge in [-0.15, -0.1) is 0 Å². The Hall–Kier alpha value is -3.41. The van der Waals surface area contributed by atoms with Gasteiger partial charge in [-0.3, -0.25) is 4.79 Å². The molecule has 0 atom stereocenters. The van der Waals surface area contributed by atoms with Crippen LogP contribution >= 0.6 is 0 Å². The van der Waals surface area contributed by atoms with E-state index in [4.69, 9.17) is 0 Å². The first-order valence-electron chi connectivity index (χ1n) is 9.01. The van der Waals surface area contributed by atoms with Crippen LogP contribution in [-0.4, -0.2) is 21.9 Å². The largest absolute Gasteiger partial charge is 0.367 e. The van der Waals surface area contributed by atoms with Crippen molar-refractivity contribution in [2.45, 2.75) is 25.8 Å². The standard InChI is InChI=1S/C21H21N5O/c1-14(27)22-17-8-5-9-18(12-17)24-20-13-19(23-16-10-11-16)25-21(26-20)15-6-3-2-4-7-15/h2-9,12-13,16H,10-11H2,1H3,(H,22,27)(H2,23,24,25,26). The summed E-state index contributed by atoms with van der Waals surface area (Å²) in [4.78, 5) is 20.6. The van der Waals surface area contributed by atoms with Crippen LogP contribution in [0.25, 0.3) is 11.4 Å². The highest BCUT2D eigenvalue weighted by atomic mass is 16.1. The lowest BCUT2D eigenvalue weighted by atomic mass is 10.2. The first-order chi connectivity index (χ1) is 13.2. The van der Waals surface area contributed by atoms with Crippen LogP contribution in [0.3, 0.4) is 0 Å². The van der Waals surface area contributed by atoms with Gasteiger partial charge in [0.2, 0.25) is 5.91 Å². The van der Waals surface area contributed by atoms with Gasteiger partial charge < -0.3 is 16.0 Å². The molecule has 1 heterocycles. The Balaban J connectivity index is 1.64. The second kappa shape index (κ2) is 7.45. The summed E-state index contributed by atoms with van der Waals surface area (Å²) in [5.41, 5.74) is 2.55. The number of carbonyl (C=O) groups excluding carboxylic acids is 1. The normalized spacial score (nSPS) is 13.1. The van der Waals surface area contributed by atoms with E-state index in [1.54, 1.807) is 0 Å². The van der Waals surface area contributed by atoms with Crippen LogP contribution in [0, 0.1) is 0 Å². The van der Waals surface area contributed by atoms with Gasteiger partial charge in [0.25, 0.3) is 0 Å². The summed E-state index contributed by atoms with van der Waals surface area (Å²) in [7, 11) is 0. The van der Waals surface area contributed by atoms with E-state index in [-0.39, 0.29) is 5.91 Å². The number of hydrogen-bond donors (Lipinski definition) is 3. The zero-order valence-electron chi connectivity index (χ0n) is 15.1. The lowest BCUT2D eigenvalue weighted by Gasteiger charge is -2.12. The molecule has 6 heteroatoms. The molecule has 0 unspecified atom stereocenters. The van der Waals surface area contributed by atoms with Crippen molar-refractivity contribution in [2.24, 2.45) is 0 Å². The van der Waals surface area contributed by atoms with Crippen molar-refractivity contribution in [2.75, 3.05) is 16.0 Å². The van der Waals surface area contributed by atoms with Crippen LogP contribution in [0.5, 0.6) is 0 Å². The second-order valence-electron chi connectivity index (χ2n) is 6.63. The third kappa shape index (κ3) is 4.61. The highest BCUT2D eigenvalue weighted by molar-refractivity contribution is 5.89. The van der Waals surface area contributed by atoms with Gasteiger partial charge in [0.1, 0.15) is 11.6 Å². The molecule has 0 saturated heterocycles. The predicted octanol–water partition coefficient (Wildman–Crippen LogP) is 4.42. The van der Waals surface area contributed by atoms with Gasteiger partial charge in [-0.05, 0) is 31.0 Å². The molecular formula is C21H21N5O. The van der Waals surface area contributed by atoms with E-state index in [1.807, 2.05) is 60.7 Å². The van der Waals surface area contributed by atoms with Gasteiger partial charge in [-0.25, -0.2) is 9.97 Å². The van der Waals surface area contributed by atoms with Gasteiger partial charge in [-0.1, -0.05) is 36.4 Å². The fraction of sp³-hybridized carbons (Fsp3) is 0.190. The summed E-state index contributed by atoms with van der Waals surface area (Å²) >= 11 is 0. The molecule has 136 valence electrons. The Morgan fingerprint density at radius 3 is 2.41 bits per heavy atom. The molecule has 4 rings (SSSR count). The lowest BCUT2D eigenvalue weighted by molar-refractivity contribution is -0.114. The second-order valence-corrected chi connectivity index (χ2v) is 6.63. The predicted molar refractivity (Wildman–Crippen MR) is 108 cm³/mol. The van der Waals surface area contributed by atoms with Crippen molar-refractivity contribution >= 4 is 28.9 Å². The topological polar surface area (TPSA) is 78.9 Å². The quantitative estimate of drug-likeness (QED) is 0.607. The smallest absolute Gasteiger partial charge is 0.221 e. The maximum absolute atomic E-state index is 11.3. The van der Waals surface area contributed by atoms with E-state index < -0.39 is 0 Å². The third-order valence-corrected chi connectivity index (χ3v) is 4.14. The van der Waals surface area contributed by atoms with E-state index in [1.165, 1.54) is 19.8 Å². The Kier molecular flexibility index (Phi) is 4.70. The molecule has 0 spiro atoms. The highest BCUT2D eigenvalue weighted by Crippen LogP contribution is 2.28. The third-order valence-electron chi connectivity index (χ3n) is 4.14. The molecule has 1 fully saturated rings. The summed E-state index contributed by atoms with van der Waals surface area (Å²) < 4.78 is 0. The number of amides is 1. The van der Waals surface area contributed by atoms with Crippen molar-refractivity contribution < 1.29 is 4.79 Å². The Labute approximate surface area is 158 Å². The number of nitrogens with one attached hydrogen (secondary N) is 3. The van der Waals surface area contributed by atoms with Crippen LogP contribution in [0.15, 0.2) is 60.7 Å². The maximum atomic E-state index is 11.3. The molecule has 1 amide bonds. The zero-order chi connectivity index (χ0) is 18.6. The molecule has 1 aliphatic carbocycles. The molecule has 27 heavy (non-hydrogen) atoms. The summed E-state index contributed by atoms with van der Waals surface area (Å²) in [6.07, 6.45) is 2.35. The molecule has 1 saturated carbocycles. The van der Waals surface area contributed by atoms with Gasteiger partial charge in [0.15, 0.2) is 5.82 Å². The van der Waals surface area contributed by atoms with E-state index in [0.717, 1.165) is 22.8 Å². The van der Waals surface area contributed by atoms with Gasteiger partial charge >= 0.3 is 0 Å². The van der Waals surface area contributed by atoms with Crippen molar-refractivity contribution in [1.82, 2.24) is 9.97 Å². The Morgan fingerprint density at radius 1 is 0.926 bits per heavy atom. The van der Waals surface area contributed by atoms with Gasteiger partial charge in [-0.2, -0.15) is 0 Å². The number of carbonyl (C=O) groups is 1. The minimum Gasteiger partial charge on any atom is -0.367 e. The molecule has 3 aromatic rings. The Bertz CT molecular complexity index is 954. The minimum absolute atomic E-state index is 0.100.